The van der Waals surface area contributed by atoms with Crippen LogP contribution in [0, 0.1) is 0 Å². The lowest BCUT2D eigenvalue weighted by Gasteiger charge is -2.00. The summed E-state index contributed by atoms with van der Waals surface area (Å²) in [4.78, 5) is 4.60. The second-order valence-corrected chi connectivity index (χ2v) is 6.46. The van der Waals surface area contributed by atoms with Gasteiger partial charge in [0.05, 0.1) is 16.8 Å². The van der Waals surface area contributed by atoms with Crippen LogP contribution in [0.1, 0.15) is 11.1 Å². The summed E-state index contributed by atoms with van der Waals surface area (Å²) in [5.74, 6) is 0.908. The molecule has 0 radical (unpaired) electrons. The number of thioether (sulfide) groups is 1. The number of aliphatic hydroxyl groups excluding tert-OH is 1. The quantitative estimate of drug-likeness (QED) is 0.734. The predicted octanol–water partition coefficient (Wildman–Crippen LogP) is 4.08. The molecule has 96 valence electrons. The van der Waals surface area contributed by atoms with Crippen LogP contribution < -0.4 is 0 Å². The summed E-state index contributed by atoms with van der Waals surface area (Å²) in [6.45, 7) is 0.102. The summed E-state index contributed by atoms with van der Waals surface area (Å²) in [5.41, 5.74) is 3.28. The highest BCUT2D eigenvalue weighted by molar-refractivity contribution is 8.00. The monoisotopic (exact) mass is 287 g/mol. The van der Waals surface area contributed by atoms with Crippen molar-refractivity contribution in [3.63, 3.8) is 0 Å². The Labute approximate surface area is 120 Å². The normalized spacial score (nSPS) is 11.0. The fourth-order valence-corrected chi connectivity index (χ4v) is 3.82. The van der Waals surface area contributed by atoms with Gasteiger partial charge in [-0.2, -0.15) is 0 Å². The number of hydrogen-bond acceptors (Lipinski definition) is 4. The predicted molar refractivity (Wildman–Crippen MR) is 81.5 cm³/mol. The van der Waals surface area contributed by atoms with Crippen LogP contribution in [0.3, 0.4) is 0 Å². The third-order valence-electron chi connectivity index (χ3n) is 2.84. The largest absolute Gasteiger partial charge is 0.392 e. The highest BCUT2D eigenvalue weighted by Gasteiger charge is 2.04. The van der Waals surface area contributed by atoms with Gasteiger partial charge in [0, 0.05) is 5.75 Å². The van der Waals surface area contributed by atoms with Gasteiger partial charge in [-0.1, -0.05) is 48.2 Å². The molecule has 1 heterocycles. The van der Waals surface area contributed by atoms with Gasteiger partial charge in [0.25, 0.3) is 0 Å². The molecule has 0 aliphatic heterocycles. The van der Waals surface area contributed by atoms with Crippen molar-refractivity contribution in [2.45, 2.75) is 16.7 Å². The van der Waals surface area contributed by atoms with Crippen LogP contribution in [-0.4, -0.2) is 10.1 Å². The molecule has 0 atom stereocenters. The van der Waals surface area contributed by atoms with E-state index in [2.05, 4.69) is 23.2 Å². The maximum absolute atomic E-state index is 9.00. The van der Waals surface area contributed by atoms with E-state index in [0.717, 1.165) is 21.2 Å². The van der Waals surface area contributed by atoms with E-state index in [-0.39, 0.29) is 6.61 Å². The lowest BCUT2D eigenvalue weighted by Crippen LogP contribution is -1.84. The Hall–Kier alpha value is -1.36. The second kappa shape index (κ2) is 5.74. The van der Waals surface area contributed by atoms with E-state index in [1.807, 2.05) is 30.3 Å². The minimum atomic E-state index is 0.102. The van der Waals surface area contributed by atoms with E-state index in [0.29, 0.717) is 0 Å². The van der Waals surface area contributed by atoms with Gasteiger partial charge in [0.15, 0.2) is 4.34 Å². The van der Waals surface area contributed by atoms with Crippen LogP contribution in [0.4, 0.5) is 0 Å². The molecule has 0 aliphatic carbocycles. The van der Waals surface area contributed by atoms with Crippen molar-refractivity contribution in [1.29, 1.82) is 0 Å². The van der Waals surface area contributed by atoms with Gasteiger partial charge >= 0.3 is 0 Å². The van der Waals surface area contributed by atoms with Crippen molar-refractivity contribution in [1.82, 2.24) is 4.98 Å². The van der Waals surface area contributed by atoms with E-state index >= 15 is 0 Å². The Morgan fingerprint density at radius 2 is 1.74 bits per heavy atom. The zero-order valence-corrected chi connectivity index (χ0v) is 11.9. The third kappa shape index (κ3) is 2.97. The number of fused-ring (bicyclic) bond motifs is 1. The zero-order valence-electron chi connectivity index (χ0n) is 10.2. The molecule has 1 N–H and O–H groups in total. The molecular formula is C15H13NOS2. The minimum absolute atomic E-state index is 0.102. The zero-order chi connectivity index (χ0) is 13.1. The topological polar surface area (TPSA) is 33.1 Å². The van der Waals surface area contributed by atoms with Gasteiger partial charge in [0.2, 0.25) is 0 Å². The molecule has 1 aromatic heterocycles. The first-order valence-electron chi connectivity index (χ1n) is 6.02. The molecule has 0 spiro atoms. The summed E-state index contributed by atoms with van der Waals surface area (Å²) in [5, 5.41) is 9.00. The lowest BCUT2D eigenvalue weighted by molar-refractivity contribution is 0.282. The van der Waals surface area contributed by atoms with Crippen molar-refractivity contribution in [2.24, 2.45) is 0 Å². The Kier molecular flexibility index (Phi) is 3.82. The first-order valence-corrected chi connectivity index (χ1v) is 7.82. The summed E-state index contributed by atoms with van der Waals surface area (Å²) in [7, 11) is 0. The van der Waals surface area contributed by atoms with E-state index in [1.54, 1.807) is 23.1 Å². The lowest BCUT2D eigenvalue weighted by atomic mass is 10.2. The Bertz CT molecular complexity index is 643. The number of hydrogen-bond donors (Lipinski definition) is 1. The third-order valence-corrected chi connectivity index (χ3v) is 5.09. The molecule has 0 aliphatic rings. The fraction of sp³-hybridized carbons (Fsp3) is 0.133. The molecule has 2 nitrogen and oxygen atoms in total. The van der Waals surface area contributed by atoms with Crippen molar-refractivity contribution >= 4 is 33.3 Å². The van der Waals surface area contributed by atoms with Gasteiger partial charge < -0.3 is 5.11 Å². The number of benzene rings is 2. The number of aliphatic hydroxyl groups is 1. The standard InChI is InChI=1S/C15H13NOS2/c17-9-11-5-7-12(8-6-11)10-18-15-16-13-3-1-2-4-14(13)19-15/h1-8,17H,9-10H2. The number of aromatic nitrogens is 1. The summed E-state index contributed by atoms with van der Waals surface area (Å²) >= 11 is 3.49. The number of rotatable bonds is 4. The molecular weight excluding hydrogens is 274 g/mol. The maximum atomic E-state index is 9.00. The molecule has 0 fully saturated rings. The van der Waals surface area contributed by atoms with Crippen LogP contribution in [-0.2, 0) is 12.4 Å². The van der Waals surface area contributed by atoms with E-state index in [1.165, 1.54) is 10.3 Å². The van der Waals surface area contributed by atoms with Gasteiger partial charge in [0.1, 0.15) is 0 Å². The summed E-state index contributed by atoms with van der Waals surface area (Å²) in [6, 6.07) is 16.3. The molecule has 0 saturated heterocycles. The fourth-order valence-electron chi connectivity index (χ4n) is 1.80. The summed E-state index contributed by atoms with van der Waals surface area (Å²) < 4.78 is 2.34. The molecule has 4 heteroatoms. The highest BCUT2D eigenvalue weighted by atomic mass is 32.2. The maximum Gasteiger partial charge on any atom is 0.151 e. The molecule has 0 bridgehead atoms. The van der Waals surface area contributed by atoms with Crippen LogP contribution in [0.2, 0.25) is 0 Å². The Morgan fingerprint density at radius 3 is 2.47 bits per heavy atom. The average Bonchev–Trinajstić information content (AvgIpc) is 2.88. The minimum Gasteiger partial charge on any atom is -0.392 e. The highest BCUT2D eigenvalue weighted by Crippen LogP contribution is 2.31. The Morgan fingerprint density at radius 1 is 1.00 bits per heavy atom. The molecule has 3 aromatic rings. The molecule has 2 aromatic carbocycles. The number of nitrogens with zero attached hydrogens (tertiary/aromatic N) is 1. The molecule has 0 saturated carbocycles. The molecule has 19 heavy (non-hydrogen) atoms. The van der Waals surface area contributed by atoms with Crippen LogP contribution >= 0.6 is 23.1 Å². The summed E-state index contributed by atoms with van der Waals surface area (Å²) in [6.07, 6.45) is 0. The van der Waals surface area contributed by atoms with Crippen molar-refractivity contribution in [3.05, 3.63) is 59.7 Å². The van der Waals surface area contributed by atoms with Crippen molar-refractivity contribution in [2.75, 3.05) is 0 Å². The molecule has 0 amide bonds. The first kappa shape index (κ1) is 12.7. The first-order chi connectivity index (χ1) is 9.35. The molecule has 0 unspecified atom stereocenters. The molecule has 3 rings (SSSR count). The van der Waals surface area contributed by atoms with Crippen LogP contribution in [0.15, 0.2) is 52.9 Å². The Balaban J connectivity index is 1.70. The van der Waals surface area contributed by atoms with Crippen LogP contribution in [0.5, 0.6) is 0 Å². The van der Waals surface area contributed by atoms with Gasteiger partial charge in [-0.3, -0.25) is 0 Å². The number of thiazole rings is 1. The van der Waals surface area contributed by atoms with Gasteiger partial charge in [-0.05, 0) is 23.3 Å². The number of para-hydroxylation sites is 1. The van der Waals surface area contributed by atoms with Crippen molar-refractivity contribution < 1.29 is 5.11 Å². The smallest absolute Gasteiger partial charge is 0.151 e. The van der Waals surface area contributed by atoms with E-state index in [9.17, 15) is 0 Å². The second-order valence-electron chi connectivity index (χ2n) is 4.21. The van der Waals surface area contributed by atoms with Gasteiger partial charge in [-0.25, -0.2) is 4.98 Å². The van der Waals surface area contributed by atoms with Crippen LogP contribution in [0.25, 0.3) is 10.2 Å². The van der Waals surface area contributed by atoms with Gasteiger partial charge in [-0.15, -0.1) is 11.3 Å². The van der Waals surface area contributed by atoms with Crippen molar-refractivity contribution in [3.8, 4) is 0 Å². The van der Waals surface area contributed by atoms with E-state index in [4.69, 9.17) is 5.11 Å². The average molecular weight is 287 g/mol. The van der Waals surface area contributed by atoms with E-state index < -0.39 is 0 Å². The SMILES string of the molecule is OCc1ccc(CSc2nc3ccccc3s2)cc1.